The average Bonchev–Trinajstić information content (AvgIpc) is 2.73. The van der Waals surface area contributed by atoms with Gasteiger partial charge in [0, 0.05) is 16.4 Å². The van der Waals surface area contributed by atoms with Crippen LogP contribution in [0.15, 0.2) is 77.5 Å². The van der Waals surface area contributed by atoms with Crippen LogP contribution in [0.4, 0.5) is 17.2 Å². The van der Waals surface area contributed by atoms with Gasteiger partial charge in [0.1, 0.15) is 17.8 Å². The molecule has 0 radical (unpaired) electrons. The van der Waals surface area contributed by atoms with Gasteiger partial charge in [0.25, 0.3) is 0 Å². The van der Waals surface area contributed by atoms with Gasteiger partial charge in [-0.25, -0.2) is 4.98 Å². The van der Waals surface area contributed by atoms with Crippen molar-refractivity contribution in [3.05, 3.63) is 77.5 Å². The van der Waals surface area contributed by atoms with E-state index in [-0.39, 0.29) is 0 Å². The topological polar surface area (TPSA) is 64.3 Å². The molecule has 0 aliphatic rings. The molecular formula is C22H19BrN4O. The van der Waals surface area contributed by atoms with E-state index in [0.717, 1.165) is 20.9 Å². The summed E-state index contributed by atoms with van der Waals surface area (Å²) in [7, 11) is 0. The fraction of sp³-hybridized carbons (Fsp3) is 0.0909. The number of nitrogen functional groups attached to an aromatic ring is 1. The third kappa shape index (κ3) is 3.51. The number of nitrogens with two attached hydrogens (primary N) is 1. The van der Waals surface area contributed by atoms with Crippen LogP contribution >= 0.6 is 15.9 Å². The molecule has 0 saturated carbocycles. The molecule has 0 aliphatic carbocycles. The van der Waals surface area contributed by atoms with E-state index in [1.54, 1.807) is 0 Å². The van der Waals surface area contributed by atoms with E-state index in [1.165, 1.54) is 6.33 Å². The second-order valence-electron chi connectivity index (χ2n) is 6.21. The average molecular weight is 435 g/mol. The summed E-state index contributed by atoms with van der Waals surface area (Å²) in [5.74, 6) is 1.62. The lowest BCUT2D eigenvalue weighted by Gasteiger charge is -2.25. The van der Waals surface area contributed by atoms with Crippen LogP contribution < -0.4 is 15.4 Å². The highest BCUT2D eigenvalue weighted by molar-refractivity contribution is 9.10. The Morgan fingerprint density at radius 2 is 1.71 bits per heavy atom. The van der Waals surface area contributed by atoms with Crippen molar-refractivity contribution >= 4 is 43.9 Å². The van der Waals surface area contributed by atoms with Gasteiger partial charge < -0.3 is 15.4 Å². The number of anilines is 3. The molecule has 140 valence electrons. The van der Waals surface area contributed by atoms with E-state index < -0.39 is 0 Å². The molecule has 0 fully saturated rings. The number of hydrogen-bond donors (Lipinski definition) is 1. The van der Waals surface area contributed by atoms with Crippen LogP contribution in [-0.4, -0.2) is 16.5 Å². The largest absolute Gasteiger partial charge is 0.437 e. The zero-order chi connectivity index (χ0) is 19.5. The zero-order valence-corrected chi connectivity index (χ0v) is 16.9. The monoisotopic (exact) mass is 434 g/mol. The summed E-state index contributed by atoms with van der Waals surface area (Å²) in [5, 5.41) is 2.30. The Kier molecular flexibility index (Phi) is 5.12. The van der Waals surface area contributed by atoms with Gasteiger partial charge in [-0.05, 0) is 42.6 Å². The second kappa shape index (κ2) is 7.86. The Morgan fingerprint density at radius 1 is 0.964 bits per heavy atom. The van der Waals surface area contributed by atoms with E-state index in [9.17, 15) is 0 Å². The van der Waals surface area contributed by atoms with E-state index in [0.29, 0.717) is 29.7 Å². The quantitative estimate of drug-likeness (QED) is 0.421. The molecule has 6 heteroatoms. The van der Waals surface area contributed by atoms with Crippen molar-refractivity contribution in [3.8, 4) is 11.6 Å². The number of rotatable bonds is 5. The molecule has 0 saturated heterocycles. The molecule has 0 amide bonds. The normalized spacial score (nSPS) is 10.8. The van der Waals surface area contributed by atoms with E-state index in [4.69, 9.17) is 10.5 Å². The first-order valence-electron chi connectivity index (χ1n) is 8.96. The van der Waals surface area contributed by atoms with Crippen LogP contribution in [0, 0.1) is 0 Å². The first kappa shape index (κ1) is 18.3. The maximum Gasteiger partial charge on any atom is 0.248 e. The summed E-state index contributed by atoms with van der Waals surface area (Å²) in [5.41, 5.74) is 7.86. The zero-order valence-electron chi connectivity index (χ0n) is 15.3. The highest BCUT2D eigenvalue weighted by atomic mass is 79.9. The molecule has 5 nitrogen and oxygen atoms in total. The molecule has 4 aromatic rings. The summed E-state index contributed by atoms with van der Waals surface area (Å²) in [6.45, 7) is 2.77. The molecule has 0 bridgehead atoms. The minimum atomic E-state index is 0.339. The van der Waals surface area contributed by atoms with Gasteiger partial charge in [0.05, 0.1) is 5.69 Å². The number of benzene rings is 3. The standard InChI is InChI=1S/C22H19BrN4O/c1-2-27(19-9-5-7-15-6-3-4-8-18(15)19)21-20(24)22(26-14-25-21)28-17-12-10-16(23)11-13-17/h3-14H,2,24H2,1H3. The van der Waals surface area contributed by atoms with Crippen LogP contribution in [0.2, 0.25) is 0 Å². The minimum absolute atomic E-state index is 0.339. The number of halogens is 1. The highest BCUT2D eigenvalue weighted by Crippen LogP contribution is 2.37. The lowest BCUT2D eigenvalue weighted by Crippen LogP contribution is -2.19. The minimum Gasteiger partial charge on any atom is -0.437 e. The van der Waals surface area contributed by atoms with Crippen LogP contribution in [-0.2, 0) is 0 Å². The van der Waals surface area contributed by atoms with E-state index >= 15 is 0 Å². The summed E-state index contributed by atoms with van der Waals surface area (Å²) >= 11 is 3.42. The van der Waals surface area contributed by atoms with Crippen molar-refractivity contribution in [2.75, 3.05) is 17.2 Å². The smallest absolute Gasteiger partial charge is 0.248 e. The Morgan fingerprint density at radius 3 is 2.50 bits per heavy atom. The Balaban J connectivity index is 1.76. The molecule has 0 aliphatic heterocycles. The van der Waals surface area contributed by atoms with Crippen molar-refractivity contribution in [1.82, 2.24) is 9.97 Å². The fourth-order valence-electron chi connectivity index (χ4n) is 3.16. The number of hydrogen-bond acceptors (Lipinski definition) is 5. The third-order valence-corrected chi connectivity index (χ3v) is 5.01. The summed E-state index contributed by atoms with van der Waals surface area (Å²) in [6.07, 6.45) is 1.48. The first-order chi connectivity index (χ1) is 13.7. The number of fused-ring (bicyclic) bond motifs is 1. The molecule has 1 aromatic heterocycles. The van der Waals surface area contributed by atoms with Crippen molar-refractivity contribution in [2.45, 2.75) is 6.92 Å². The molecule has 3 aromatic carbocycles. The summed E-state index contributed by atoms with van der Waals surface area (Å²) in [4.78, 5) is 10.8. The molecular weight excluding hydrogens is 416 g/mol. The number of aromatic nitrogens is 2. The molecule has 2 N–H and O–H groups in total. The van der Waals surface area contributed by atoms with Crippen LogP contribution in [0.3, 0.4) is 0 Å². The lowest BCUT2D eigenvalue weighted by atomic mass is 10.1. The molecule has 0 atom stereocenters. The van der Waals surface area contributed by atoms with Gasteiger partial charge in [-0.3, -0.25) is 0 Å². The Bertz CT molecular complexity index is 1110. The molecule has 1 heterocycles. The summed E-state index contributed by atoms with van der Waals surface area (Å²) in [6, 6.07) is 22.0. The lowest BCUT2D eigenvalue weighted by molar-refractivity contribution is 0.464. The van der Waals surface area contributed by atoms with Gasteiger partial charge in [-0.1, -0.05) is 52.3 Å². The van der Waals surface area contributed by atoms with Gasteiger partial charge >= 0.3 is 0 Å². The van der Waals surface area contributed by atoms with Crippen LogP contribution in [0.25, 0.3) is 10.8 Å². The predicted octanol–water partition coefficient (Wildman–Crippen LogP) is 5.92. The fourth-order valence-corrected chi connectivity index (χ4v) is 3.42. The summed E-state index contributed by atoms with van der Waals surface area (Å²) < 4.78 is 6.88. The molecule has 28 heavy (non-hydrogen) atoms. The van der Waals surface area contributed by atoms with Gasteiger partial charge in [0.15, 0.2) is 5.82 Å². The predicted molar refractivity (Wildman–Crippen MR) is 117 cm³/mol. The Hall–Kier alpha value is -3.12. The Labute approximate surface area is 171 Å². The maximum atomic E-state index is 6.42. The maximum absolute atomic E-state index is 6.42. The SMILES string of the molecule is CCN(c1ncnc(Oc2ccc(Br)cc2)c1N)c1cccc2ccccc12. The molecule has 4 rings (SSSR count). The van der Waals surface area contributed by atoms with Gasteiger partial charge in [0.2, 0.25) is 5.88 Å². The molecule has 0 unspecified atom stereocenters. The van der Waals surface area contributed by atoms with Gasteiger partial charge in [-0.15, -0.1) is 0 Å². The number of nitrogens with zero attached hydrogens (tertiary/aromatic N) is 3. The van der Waals surface area contributed by atoms with Crippen molar-refractivity contribution in [2.24, 2.45) is 0 Å². The van der Waals surface area contributed by atoms with Crippen molar-refractivity contribution in [3.63, 3.8) is 0 Å². The van der Waals surface area contributed by atoms with Crippen LogP contribution in [0.5, 0.6) is 11.6 Å². The van der Waals surface area contributed by atoms with Crippen molar-refractivity contribution in [1.29, 1.82) is 0 Å². The van der Waals surface area contributed by atoms with E-state index in [2.05, 4.69) is 62.0 Å². The second-order valence-corrected chi connectivity index (χ2v) is 7.13. The van der Waals surface area contributed by atoms with Gasteiger partial charge in [-0.2, -0.15) is 4.98 Å². The highest BCUT2D eigenvalue weighted by Gasteiger charge is 2.18. The molecule has 0 spiro atoms. The van der Waals surface area contributed by atoms with Crippen LogP contribution in [0.1, 0.15) is 6.92 Å². The number of ether oxygens (including phenoxy) is 1. The van der Waals surface area contributed by atoms with E-state index in [1.807, 2.05) is 42.5 Å². The third-order valence-electron chi connectivity index (χ3n) is 4.48. The van der Waals surface area contributed by atoms with Crippen molar-refractivity contribution < 1.29 is 4.74 Å². The first-order valence-corrected chi connectivity index (χ1v) is 9.76.